The summed E-state index contributed by atoms with van der Waals surface area (Å²) >= 11 is 0. The number of imidazole rings is 1. The SMILES string of the molecule is CC(C)(C)n1c(NC(=O)CCn2cccn2)nc2ccccc21. The number of benzene rings is 1. The first-order valence-electron chi connectivity index (χ1n) is 7.70. The van der Waals surface area contributed by atoms with Gasteiger partial charge < -0.3 is 4.57 Å². The molecule has 0 radical (unpaired) electrons. The Morgan fingerprint density at radius 1 is 1.22 bits per heavy atom. The van der Waals surface area contributed by atoms with Crippen LogP contribution >= 0.6 is 0 Å². The molecule has 0 spiro atoms. The average molecular weight is 311 g/mol. The second-order valence-electron chi connectivity index (χ2n) is 6.50. The van der Waals surface area contributed by atoms with Gasteiger partial charge in [-0.1, -0.05) is 12.1 Å². The van der Waals surface area contributed by atoms with Gasteiger partial charge in [0.15, 0.2) is 0 Å². The highest BCUT2D eigenvalue weighted by Crippen LogP contribution is 2.27. The summed E-state index contributed by atoms with van der Waals surface area (Å²) in [7, 11) is 0. The lowest BCUT2D eigenvalue weighted by molar-refractivity contribution is -0.116. The Labute approximate surface area is 135 Å². The molecule has 120 valence electrons. The molecule has 3 aromatic rings. The molecule has 0 saturated carbocycles. The van der Waals surface area contributed by atoms with Gasteiger partial charge in [0, 0.05) is 30.9 Å². The lowest BCUT2D eigenvalue weighted by Gasteiger charge is -2.24. The number of amides is 1. The van der Waals surface area contributed by atoms with E-state index in [9.17, 15) is 4.79 Å². The minimum Gasteiger partial charge on any atom is -0.305 e. The van der Waals surface area contributed by atoms with Gasteiger partial charge in [0.1, 0.15) is 0 Å². The Morgan fingerprint density at radius 2 is 2.00 bits per heavy atom. The Morgan fingerprint density at radius 3 is 2.70 bits per heavy atom. The van der Waals surface area contributed by atoms with Crippen molar-refractivity contribution in [3.8, 4) is 0 Å². The van der Waals surface area contributed by atoms with Crippen LogP contribution in [0.1, 0.15) is 27.2 Å². The standard InChI is InChI=1S/C17H21N5O/c1-17(2,3)22-14-8-5-4-7-13(14)19-16(22)20-15(23)9-12-21-11-6-10-18-21/h4-8,10-11H,9,12H2,1-3H3,(H,19,20,23). The van der Waals surface area contributed by atoms with Crippen molar-refractivity contribution in [2.75, 3.05) is 5.32 Å². The predicted octanol–water partition coefficient (Wildman–Crippen LogP) is 3.02. The van der Waals surface area contributed by atoms with E-state index >= 15 is 0 Å². The molecule has 1 amide bonds. The van der Waals surface area contributed by atoms with Gasteiger partial charge in [0.05, 0.1) is 11.0 Å². The summed E-state index contributed by atoms with van der Waals surface area (Å²) in [5, 5.41) is 7.04. The molecule has 0 fully saturated rings. The normalized spacial score (nSPS) is 11.8. The fraction of sp³-hybridized carbons (Fsp3) is 0.353. The Balaban J connectivity index is 1.83. The molecule has 0 aliphatic heterocycles. The van der Waals surface area contributed by atoms with E-state index < -0.39 is 0 Å². The number of hydrogen-bond acceptors (Lipinski definition) is 3. The summed E-state index contributed by atoms with van der Waals surface area (Å²) in [6, 6.07) is 9.75. The topological polar surface area (TPSA) is 64.7 Å². The highest BCUT2D eigenvalue weighted by Gasteiger charge is 2.22. The fourth-order valence-corrected chi connectivity index (χ4v) is 2.62. The summed E-state index contributed by atoms with van der Waals surface area (Å²) in [4.78, 5) is 16.8. The predicted molar refractivity (Wildman–Crippen MR) is 90.2 cm³/mol. The maximum Gasteiger partial charge on any atom is 0.228 e. The zero-order valence-corrected chi connectivity index (χ0v) is 13.7. The number of carbonyl (C=O) groups is 1. The number of aryl methyl sites for hydroxylation is 1. The lowest BCUT2D eigenvalue weighted by Crippen LogP contribution is -2.26. The van der Waals surface area contributed by atoms with Crippen molar-refractivity contribution in [1.29, 1.82) is 0 Å². The van der Waals surface area contributed by atoms with Crippen LogP contribution < -0.4 is 5.32 Å². The van der Waals surface area contributed by atoms with Gasteiger partial charge in [0.25, 0.3) is 0 Å². The molecule has 0 aliphatic rings. The summed E-state index contributed by atoms with van der Waals surface area (Å²) in [5.74, 6) is 0.519. The quantitative estimate of drug-likeness (QED) is 0.805. The maximum atomic E-state index is 12.3. The number of nitrogens with one attached hydrogen (secondary N) is 1. The third kappa shape index (κ3) is 3.26. The highest BCUT2D eigenvalue weighted by atomic mass is 16.1. The van der Waals surface area contributed by atoms with E-state index in [0.717, 1.165) is 11.0 Å². The molecular formula is C17H21N5O. The monoisotopic (exact) mass is 311 g/mol. The molecule has 23 heavy (non-hydrogen) atoms. The number of fused-ring (bicyclic) bond motifs is 1. The molecule has 2 aromatic heterocycles. The average Bonchev–Trinajstić information content (AvgIpc) is 3.11. The van der Waals surface area contributed by atoms with Crippen molar-refractivity contribution in [2.45, 2.75) is 39.3 Å². The second-order valence-corrected chi connectivity index (χ2v) is 6.50. The van der Waals surface area contributed by atoms with Crippen LogP contribution in [0.3, 0.4) is 0 Å². The van der Waals surface area contributed by atoms with Crippen LogP contribution in [0.5, 0.6) is 0 Å². The largest absolute Gasteiger partial charge is 0.305 e. The van der Waals surface area contributed by atoms with E-state index in [-0.39, 0.29) is 11.4 Å². The molecule has 0 aliphatic carbocycles. The Kier molecular flexibility index (Phi) is 3.90. The van der Waals surface area contributed by atoms with E-state index in [1.54, 1.807) is 10.9 Å². The first kappa shape index (κ1) is 15.3. The molecule has 6 nitrogen and oxygen atoms in total. The molecule has 1 N–H and O–H groups in total. The van der Waals surface area contributed by atoms with Crippen molar-refractivity contribution in [2.24, 2.45) is 0 Å². The minimum absolute atomic E-state index is 0.0682. The first-order valence-corrected chi connectivity index (χ1v) is 7.70. The Bertz CT molecular complexity index is 811. The van der Waals surface area contributed by atoms with Crippen molar-refractivity contribution in [1.82, 2.24) is 19.3 Å². The fourth-order valence-electron chi connectivity index (χ4n) is 2.62. The number of carbonyl (C=O) groups excluding carboxylic acids is 1. The van der Waals surface area contributed by atoms with Crippen molar-refractivity contribution in [3.05, 3.63) is 42.7 Å². The summed E-state index contributed by atoms with van der Waals surface area (Å²) in [6.45, 7) is 6.84. The van der Waals surface area contributed by atoms with Crippen LogP contribution in [-0.2, 0) is 16.9 Å². The van der Waals surface area contributed by atoms with Crippen molar-refractivity contribution < 1.29 is 4.79 Å². The molecule has 0 bridgehead atoms. The third-order valence-corrected chi connectivity index (χ3v) is 3.61. The maximum absolute atomic E-state index is 12.3. The van der Waals surface area contributed by atoms with Crippen LogP contribution in [0, 0.1) is 0 Å². The minimum atomic E-state index is -0.180. The molecule has 6 heteroatoms. The van der Waals surface area contributed by atoms with Gasteiger partial charge in [-0.2, -0.15) is 5.10 Å². The van der Waals surface area contributed by atoms with Crippen LogP contribution in [0.25, 0.3) is 11.0 Å². The van der Waals surface area contributed by atoms with Crippen LogP contribution in [0.15, 0.2) is 42.7 Å². The van der Waals surface area contributed by atoms with Gasteiger partial charge in [-0.3, -0.25) is 14.8 Å². The number of aromatic nitrogens is 4. The molecular weight excluding hydrogens is 290 g/mol. The van der Waals surface area contributed by atoms with Gasteiger partial charge in [-0.25, -0.2) is 4.98 Å². The van der Waals surface area contributed by atoms with Crippen LogP contribution in [-0.4, -0.2) is 25.2 Å². The van der Waals surface area contributed by atoms with E-state index in [2.05, 4.69) is 40.7 Å². The molecule has 0 unspecified atom stereocenters. The number of nitrogens with zero attached hydrogens (tertiary/aromatic N) is 4. The van der Waals surface area contributed by atoms with E-state index in [4.69, 9.17) is 0 Å². The van der Waals surface area contributed by atoms with E-state index in [1.807, 2.05) is 36.5 Å². The van der Waals surface area contributed by atoms with E-state index in [1.165, 1.54) is 0 Å². The van der Waals surface area contributed by atoms with E-state index in [0.29, 0.717) is 18.9 Å². The number of hydrogen-bond donors (Lipinski definition) is 1. The molecule has 0 saturated heterocycles. The number of anilines is 1. The zero-order chi connectivity index (χ0) is 16.4. The number of rotatable bonds is 4. The smallest absolute Gasteiger partial charge is 0.228 e. The van der Waals surface area contributed by atoms with Crippen LogP contribution in [0.4, 0.5) is 5.95 Å². The van der Waals surface area contributed by atoms with Crippen LogP contribution in [0.2, 0.25) is 0 Å². The molecule has 2 heterocycles. The molecule has 0 atom stereocenters. The summed E-state index contributed by atoms with van der Waals surface area (Å²) in [5.41, 5.74) is 1.72. The van der Waals surface area contributed by atoms with Gasteiger partial charge in [-0.15, -0.1) is 0 Å². The zero-order valence-electron chi connectivity index (χ0n) is 13.7. The van der Waals surface area contributed by atoms with Crippen molar-refractivity contribution in [3.63, 3.8) is 0 Å². The van der Waals surface area contributed by atoms with Crippen molar-refractivity contribution >= 4 is 22.9 Å². The third-order valence-electron chi connectivity index (χ3n) is 3.61. The summed E-state index contributed by atoms with van der Waals surface area (Å²) < 4.78 is 3.81. The highest BCUT2D eigenvalue weighted by molar-refractivity contribution is 5.91. The van der Waals surface area contributed by atoms with Gasteiger partial charge in [-0.05, 0) is 39.0 Å². The second kappa shape index (κ2) is 5.87. The molecule has 1 aromatic carbocycles. The van der Waals surface area contributed by atoms with Gasteiger partial charge >= 0.3 is 0 Å². The lowest BCUT2D eigenvalue weighted by atomic mass is 10.1. The number of para-hydroxylation sites is 2. The summed E-state index contributed by atoms with van der Waals surface area (Å²) in [6.07, 6.45) is 3.91. The Hall–Kier alpha value is -2.63. The molecule has 3 rings (SSSR count). The van der Waals surface area contributed by atoms with Gasteiger partial charge in [0.2, 0.25) is 11.9 Å². The first-order chi connectivity index (χ1) is 10.9.